The van der Waals surface area contributed by atoms with Crippen LogP contribution in [-0.2, 0) is 9.47 Å². The lowest BCUT2D eigenvalue weighted by Crippen LogP contribution is -2.61. The van der Waals surface area contributed by atoms with E-state index in [1.807, 2.05) is 0 Å². The minimum Gasteiger partial charge on any atom is -0.347 e. The molecule has 114 valence electrons. The van der Waals surface area contributed by atoms with Crippen LogP contribution in [0.3, 0.4) is 0 Å². The first-order valence-corrected chi connectivity index (χ1v) is 8.64. The minimum absolute atomic E-state index is 0.0473. The van der Waals surface area contributed by atoms with Gasteiger partial charge in [0.25, 0.3) is 0 Å². The molecule has 0 unspecified atom stereocenters. The zero-order valence-corrected chi connectivity index (χ0v) is 13.6. The lowest BCUT2D eigenvalue weighted by molar-refractivity contribution is -0.260. The largest absolute Gasteiger partial charge is 0.347 e. The fraction of sp³-hybridized carbons (Fsp3) is 1.00. The zero-order valence-electron chi connectivity index (χ0n) is 13.6. The van der Waals surface area contributed by atoms with Crippen molar-refractivity contribution in [2.75, 3.05) is 6.61 Å². The third-order valence-electron chi connectivity index (χ3n) is 7.49. The normalized spacial score (nSPS) is 57.0. The summed E-state index contributed by atoms with van der Waals surface area (Å²) >= 11 is 0. The fourth-order valence-electron chi connectivity index (χ4n) is 6.65. The van der Waals surface area contributed by atoms with Gasteiger partial charge in [0.15, 0.2) is 5.79 Å². The van der Waals surface area contributed by atoms with Gasteiger partial charge < -0.3 is 9.47 Å². The van der Waals surface area contributed by atoms with E-state index in [1.165, 1.54) is 38.5 Å². The van der Waals surface area contributed by atoms with E-state index in [9.17, 15) is 0 Å². The first-order chi connectivity index (χ1) is 9.30. The van der Waals surface area contributed by atoms with E-state index in [0.717, 1.165) is 18.9 Å². The Balaban J connectivity index is 1.73. The Labute approximate surface area is 123 Å². The van der Waals surface area contributed by atoms with Crippen LogP contribution in [0.1, 0.15) is 72.6 Å². The third kappa shape index (κ3) is 1.58. The molecule has 2 saturated heterocycles. The maximum atomic E-state index is 6.54. The highest BCUT2D eigenvalue weighted by Gasteiger charge is 2.66. The number of rotatable bonds is 0. The zero-order chi connectivity index (χ0) is 14.2. The average molecular weight is 278 g/mol. The highest BCUT2D eigenvalue weighted by Crippen LogP contribution is 2.67. The lowest BCUT2D eigenvalue weighted by atomic mass is 9.44. The minimum atomic E-state index is -0.274. The number of ether oxygens (including phenoxy) is 2. The molecule has 0 aromatic carbocycles. The molecule has 20 heavy (non-hydrogen) atoms. The van der Waals surface area contributed by atoms with Crippen LogP contribution in [0.25, 0.3) is 0 Å². The van der Waals surface area contributed by atoms with Gasteiger partial charge in [0.1, 0.15) is 0 Å². The summed E-state index contributed by atoms with van der Waals surface area (Å²) in [5.41, 5.74) is 1.02. The highest BCUT2D eigenvalue weighted by molar-refractivity contribution is 5.13. The van der Waals surface area contributed by atoms with Gasteiger partial charge in [-0.1, -0.05) is 27.2 Å². The summed E-state index contributed by atoms with van der Waals surface area (Å²) in [7, 11) is 0. The Kier molecular flexibility index (Phi) is 2.59. The van der Waals surface area contributed by atoms with Crippen LogP contribution in [0.4, 0.5) is 0 Å². The molecular formula is C18H30O2. The van der Waals surface area contributed by atoms with Crippen LogP contribution in [0.5, 0.6) is 0 Å². The van der Waals surface area contributed by atoms with Gasteiger partial charge in [0.05, 0.1) is 12.2 Å². The summed E-state index contributed by atoms with van der Waals surface area (Å²) in [6.45, 7) is 10.6. The Morgan fingerprint density at radius 1 is 0.850 bits per heavy atom. The van der Waals surface area contributed by atoms with Crippen LogP contribution in [-0.4, -0.2) is 18.0 Å². The van der Waals surface area contributed by atoms with Crippen LogP contribution in [0.15, 0.2) is 0 Å². The molecular weight excluding hydrogens is 248 g/mol. The van der Waals surface area contributed by atoms with Crippen molar-refractivity contribution in [1.29, 1.82) is 0 Å². The van der Waals surface area contributed by atoms with E-state index in [-0.39, 0.29) is 11.4 Å². The summed E-state index contributed by atoms with van der Waals surface area (Å²) in [4.78, 5) is 0. The van der Waals surface area contributed by atoms with E-state index >= 15 is 0 Å². The topological polar surface area (TPSA) is 18.5 Å². The van der Waals surface area contributed by atoms with Gasteiger partial charge in [-0.25, -0.2) is 0 Å². The first-order valence-electron chi connectivity index (χ1n) is 8.64. The molecule has 4 rings (SSSR count). The SMILES string of the molecule is CC1(C)CCC[C@@]2(C)[C@@H]1CC[C@@]13CO[C@@](C)(CC[C@H]12)O3. The number of hydrogen-bond acceptors (Lipinski definition) is 2. The molecule has 0 aromatic rings. The molecule has 1 spiro atoms. The van der Waals surface area contributed by atoms with E-state index < -0.39 is 0 Å². The standard InChI is InChI=1S/C18H30O2/c1-15(2)8-5-9-16(3)13(15)7-11-18-12-19-17(4,20-18)10-6-14(16)18/h13-14H,5-12H2,1-4H3/t13-,14+,16+,17-,18-/m1/s1. The Morgan fingerprint density at radius 3 is 2.40 bits per heavy atom. The van der Waals surface area contributed by atoms with Crippen LogP contribution in [0.2, 0.25) is 0 Å². The molecule has 2 saturated carbocycles. The van der Waals surface area contributed by atoms with Gasteiger partial charge in [0.2, 0.25) is 0 Å². The molecule has 0 radical (unpaired) electrons. The van der Waals surface area contributed by atoms with Crippen molar-refractivity contribution in [3.05, 3.63) is 0 Å². The van der Waals surface area contributed by atoms with Crippen molar-refractivity contribution >= 4 is 0 Å². The molecule has 0 aromatic heterocycles. The van der Waals surface area contributed by atoms with E-state index in [2.05, 4.69) is 27.7 Å². The fourth-order valence-corrected chi connectivity index (χ4v) is 6.65. The first kappa shape index (κ1) is 13.6. The highest BCUT2D eigenvalue weighted by atomic mass is 16.8. The molecule has 5 atom stereocenters. The molecule has 2 bridgehead atoms. The number of hydrogen-bond donors (Lipinski definition) is 0. The molecule has 2 heterocycles. The maximum absolute atomic E-state index is 6.54. The predicted molar refractivity (Wildman–Crippen MR) is 79.4 cm³/mol. The maximum Gasteiger partial charge on any atom is 0.166 e. The molecule has 4 aliphatic rings. The molecule has 2 nitrogen and oxygen atoms in total. The Bertz CT molecular complexity index is 431. The summed E-state index contributed by atoms with van der Waals surface area (Å²) in [5, 5.41) is 0. The summed E-state index contributed by atoms with van der Waals surface area (Å²) in [6.07, 6.45) is 9.14. The summed E-state index contributed by atoms with van der Waals surface area (Å²) < 4.78 is 12.6. The average Bonchev–Trinajstić information content (AvgIpc) is 2.58. The molecule has 2 heteroatoms. The second-order valence-electron chi connectivity index (χ2n) is 9.12. The van der Waals surface area contributed by atoms with Crippen LogP contribution < -0.4 is 0 Å². The van der Waals surface area contributed by atoms with Crippen LogP contribution >= 0.6 is 0 Å². The van der Waals surface area contributed by atoms with Gasteiger partial charge in [-0.15, -0.1) is 0 Å². The second kappa shape index (κ2) is 3.81. The summed E-state index contributed by atoms with van der Waals surface area (Å²) in [5.74, 6) is 1.31. The monoisotopic (exact) mass is 278 g/mol. The third-order valence-corrected chi connectivity index (χ3v) is 7.49. The van der Waals surface area contributed by atoms with E-state index in [0.29, 0.717) is 16.7 Å². The van der Waals surface area contributed by atoms with Crippen molar-refractivity contribution in [1.82, 2.24) is 0 Å². The smallest absolute Gasteiger partial charge is 0.166 e. The Hall–Kier alpha value is -0.0800. The molecule has 0 amide bonds. The lowest BCUT2D eigenvalue weighted by Gasteiger charge is -2.63. The Morgan fingerprint density at radius 2 is 1.60 bits per heavy atom. The second-order valence-corrected chi connectivity index (χ2v) is 9.12. The quantitative estimate of drug-likeness (QED) is 0.648. The predicted octanol–water partition coefficient (Wildman–Crippen LogP) is 4.52. The van der Waals surface area contributed by atoms with Crippen molar-refractivity contribution in [3.8, 4) is 0 Å². The van der Waals surface area contributed by atoms with Gasteiger partial charge in [-0.05, 0) is 61.7 Å². The van der Waals surface area contributed by atoms with Gasteiger partial charge >= 0.3 is 0 Å². The summed E-state index contributed by atoms with van der Waals surface area (Å²) in [6, 6.07) is 0. The van der Waals surface area contributed by atoms with Crippen molar-refractivity contribution in [3.63, 3.8) is 0 Å². The molecule has 4 fully saturated rings. The molecule has 2 aliphatic carbocycles. The van der Waals surface area contributed by atoms with Crippen molar-refractivity contribution < 1.29 is 9.47 Å². The van der Waals surface area contributed by atoms with E-state index in [1.54, 1.807) is 0 Å². The van der Waals surface area contributed by atoms with Gasteiger partial charge in [-0.3, -0.25) is 0 Å². The van der Waals surface area contributed by atoms with E-state index in [4.69, 9.17) is 9.47 Å². The van der Waals surface area contributed by atoms with Crippen molar-refractivity contribution in [2.45, 2.75) is 84.0 Å². The van der Waals surface area contributed by atoms with Crippen LogP contribution in [0, 0.1) is 22.7 Å². The van der Waals surface area contributed by atoms with Gasteiger partial charge in [0, 0.05) is 6.42 Å². The molecule has 0 N–H and O–H groups in total. The molecule has 2 aliphatic heterocycles. The van der Waals surface area contributed by atoms with Crippen molar-refractivity contribution in [2.24, 2.45) is 22.7 Å². The van der Waals surface area contributed by atoms with Gasteiger partial charge in [-0.2, -0.15) is 0 Å². The number of fused-ring (bicyclic) bond motifs is 3.